The molecule has 122 valence electrons. The van der Waals surface area contributed by atoms with Gasteiger partial charge in [-0.05, 0) is 59.8 Å². The molecule has 0 radical (unpaired) electrons. The van der Waals surface area contributed by atoms with E-state index in [9.17, 15) is 5.11 Å². The van der Waals surface area contributed by atoms with Gasteiger partial charge in [-0.15, -0.1) is 0 Å². The minimum Gasteiger partial charge on any atom is -0.400 e. The van der Waals surface area contributed by atoms with E-state index in [4.69, 9.17) is 9.31 Å². The molecule has 1 heterocycles. The van der Waals surface area contributed by atoms with E-state index in [0.29, 0.717) is 0 Å². The summed E-state index contributed by atoms with van der Waals surface area (Å²) in [5, 5.41) is 9.77. The monoisotopic (exact) mass is 296 g/mol. The molecule has 0 aliphatic carbocycles. The van der Waals surface area contributed by atoms with Crippen LogP contribution >= 0.6 is 0 Å². The van der Waals surface area contributed by atoms with Crippen LogP contribution in [0.5, 0.6) is 0 Å². The normalized spacial score (nSPS) is 22.6. The zero-order valence-corrected chi connectivity index (χ0v) is 14.7. The van der Waals surface area contributed by atoms with E-state index >= 15 is 0 Å². The predicted molar refractivity (Wildman–Crippen MR) is 89.2 cm³/mol. The quantitative estimate of drug-likeness (QED) is 0.679. The molecule has 1 unspecified atom stereocenters. The molecule has 1 aliphatic heterocycles. The predicted octanol–water partition coefficient (Wildman–Crippen LogP) is 4.29. The van der Waals surface area contributed by atoms with Gasteiger partial charge < -0.3 is 14.4 Å². The van der Waals surface area contributed by atoms with Gasteiger partial charge in [-0.2, -0.15) is 0 Å². The van der Waals surface area contributed by atoms with Crippen molar-refractivity contribution in [2.24, 2.45) is 0 Å². The summed E-state index contributed by atoms with van der Waals surface area (Å²) in [6.07, 6.45) is 5.79. The molecule has 0 aromatic heterocycles. The maximum atomic E-state index is 9.77. The minimum atomic E-state index is -0.285. The first-order valence-corrected chi connectivity index (χ1v) is 8.45. The Balaban J connectivity index is 2.69. The molecular weight excluding hydrogens is 263 g/mol. The molecule has 1 rings (SSSR count). The second kappa shape index (κ2) is 7.80. The van der Waals surface area contributed by atoms with Crippen LogP contribution in [0.25, 0.3) is 0 Å². The lowest BCUT2D eigenvalue weighted by Gasteiger charge is -2.32. The van der Waals surface area contributed by atoms with Crippen molar-refractivity contribution >= 4 is 7.12 Å². The van der Waals surface area contributed by atoms with Gasteiger partial charge in [-0.25, -0.2) is 0 Å². The number of allylic oxidation sites excluding steroid dienone is 1. The summed E-state index contributed by atoms with van der Waals surface area (Å²) in [6.45, 7) is 12.5. The third kappa shape index (κ3) is 5.43. The number of rotatable bonds is 8. The zero-order chi connectivity index (χ0) is 16.1. The number of hydrogen-bond acceptors (Lipinski definition) is 3. The Morgan fingerprint density at radius 2 is 1.67 bits per heavy atom. The van der Waals surface area contributed by atoms with Crippen molar-refractivity contribution in [2.75, 3.05) is 0 Å². The van der Waals surface area contributed by atoms with Crippen molar-refractivity contribution in [1.29, 1.82) is 0 Å². The molecule has 0 aromatic rings. The number of aliphatic hydroxyl groups is 1. The third-order valence-corrected chi connectivity index (χ3v) is 4.76. The summed E-state index contributed by atoms with van der Waals surface area (Å²) in [4.78, 5) is 0. The molecule has 0 saturated carbocycles. The topological polar surface area (TPSA) is 38.7 Å². The Morgan fingerprint density at radius 3 is 2.14 bits per heavy atom. The highest BCUT2D eigenvalue weighted by Gasteiger charge is 2.50. The lowest BCUT2D eigenvalue weighted by molar-refractivity contribution is 0.00578. The fraction of sp³-hybridized carbons (Fsp3) is 0.882. The van der Waals surface area contributed by atoms with E-state index in [-0.39, 0.29) is 24.4 Å². The van der Waals surface area contributed by atoms with Crippen LogP contribution in [-0.4, -0.2) is 29.5 Å². The van der Waals surface area contributed by atoms with Gasteiger partial charge in [0.25, 0.3) is 0 Å². The van der Waals surface area contributed by atoms with Crippen molar-refractivity contribution in [3.63, 3.8) is 0 Å². The maximum Gasteiger partial charge on any atom is 0.487 e. The van der Waals surface area contributed by atoms with Crippen LogP contribution in [0.3, 0.4) is 0 Å². The highest BCUT2D eigenvalue weighted by Crippen LogP contribution is 2.37. The van der Waals surface area contributed by atoms with Crippen LogP contribution in [0.2, 0.25) is 0 Å². The van der Waals surface area contributed by atoms with Crippen molar-refractivity contribution in [1.82, 2.24) is 0 Å². The van der Waals surface area contributed by atoms with Gasteiger partial charge in [0.1, 0.15) is 0 Å². The molecule has 1 fully saturated rings. The molecule has 1 aliphatic rings. The molecule has 21 heavy (non-hydrogen) atoms. The Morgan fingerprint density at radius 1 is 1.10 bits per heavy atom. The van der Waals surface area contributed by atoms with Crippen LogP contribution in [0.1, 0.15) is 80.1 Å². The largest absolute Gasteiger partial charge is 0.487 e. The minimum absolute atomic E-state index is 0.201. The Kier molecular flexibility index (Phi) is 6.96. The highest BCUT2D eigenvalue weighted by molar-refractivity contribution is 6.51. The number of unbranched alkanes of at least 4 members (excludes halogenated alkanes) is 1. The van der Waals surface area contributed by atoms with Crippen molar-refractivity contribution in [3.05, 3.63) is 11.5 Å². The molecule has 0 amide bonds. The maximum absolute atomic E-state index is 9.77. The van der Waals surface area contributed by atoms with Gasteiger partial charge in [0.2, 0.25) is 0 Å². The van der Waals surface area contributed by atoms with Crippen molar-refractivity contribution < 1.29 is 14.4 Å². The van der Waals surface area contributed by atoms with E-state index in [0.717, 1.165) is 25.7 Å². The molecule has 0 aromatic carbocycles. The average molecular weight is 296 g/mol. The van der Waals surface area contributed by atoms with Gasteiger partial charge in [0.15, 0.2) is 0 Å². The second-order valence-electron chi connectivity index (χ2n) is 7.15. The van der Waals surface area contributed by atoms with E-state index in [1.165, 1.54) is 18.4 Å². The van der Waals surface area contributed by atoms with E-state index < -0.39 is 0 Å². The molecule has 1 atom stereocenters. The fourth-order valence-corrected chi connectivity index (χ4v) is 2.40. The lowest BCUT2D eigenvalue weighted by Crippen LogP contribution is -2.41. The highest BCUT2D eigenvalue weighted by atomic mass is 16.7. The molecule has 3 nitrogen and oxygen atoms in total. The molecule has 0 spiro atoms. The first kappa shape index (κ1) is 18.7. The second-order valence-corrected chi connectivity index (χ2v) is 7.15. The Hall–Kier alpha value is -0.315. The first-order valence-electron chi connectivity index (χ1n) is 8.45. The van der Waals surface area contributed by atoms with Crippen molar-refractivity contribution in [3.8, 4) is 0 Å². The van der Waals surface area contributed by atoms with Gasteiger partial charge >= 0.3 is 7.12 Å². The van der Waals surface area contributed by atoms with Crippen LogP contribution in [0.4, 0.5) is 0 Å². The summed E-state index contributed by atoms with van der Waals surface area (Å²) < 4.78 is 12.1. The summed E-state index contributed by atoms with van der Waals surface area (Å²) in [7, 11) is -0.263. The Labute approximate surface area is 131 Å². The van der Waals surface area contributed by atoms with Gasteiger partial charge in [0.05, 0.1) is 17.3 Å². The molecule has 0 bridgehead atoms. The van der Waals surface area contributed by atoms with Gasteiger partial charge in [-0.1, -0.05) is 31.8 Å². The van der Waals surface area contributed by atoms with Crippen LogP contribution in [0.15, 0.2) is 11.5 Å². The summed E-state index contributed by atoms with van der Waals surface area (Å²) in [6, 6.07) is 0. The molecule has 1 saturated heterocycles. The standard InChI is InChI=1S/C17H33BO3/c1-7-9-10-14(11-12-15(19)8-2)13-18-20-16(3,4)17(5,6)21-18/h13,15,19H,7-12H2,1-6H3/b14-13-. The smallest absolute Gasteiger partial charge is 0.400 e. The Bertz CT molecular complexity index is 334. The summed E-state index contributed by atoms with van der Waals surface area (Å²) in [5.74, 6) is 2.13. The molecule has 4 heteroatoms. The number of hydrogen-bond donors (Lipinski definition) is 1. The fourth-order valence-electron chi connectivity index (χ4n) is 2.40. The SMILES string of the molecule is CCCC/C(=C/B1OC(C)(C)C(C)(C)O1)CCC(O)CC. The van der Waals surface area contributed by atoms with Crippen molar-refractivity contribution in [2.45, 2.75) is 97.4 Å². The van der Waals surface area contributed by atoms with Gasteiger partial charge in [0, 0.05) is 0 Å². The molecular formula is C17H33BO3. The summed E-state index contributed by atoms with van der Waals surface area (Å²) >= 11 is 0. The van der Waals surface area contributed by atoms with Crippen LogP contribution < -0.4 is 0 Å². The van der Waals surface area contributed by atoms with Gasteiger partial charge in [-0.3, -0.25) is 0 Å². The summed E-state index contributed by atoms with van der Waals surface area (Å²) in [5.41, 5.74) is 0.780. The van der Waals surface area contributed by atoms with Crippen LogP contribution in [-0.2, 0) is 9.31 Å². The first-order chi connectivity index (χ1) is 9.71. The lowest BCUT2D eigenvalue weighted by atomic mass is 9.84. The van der Waals surface area contributed by atoms with E-state index in [2.05, 4.69) is 40.6 Å². The third-order valence-electron chi connectivity index (χ3n) is 4.76. The zero-order valence-electron chi connectivity index (χ0n) is 14.7. The van der Waals surface area contributed by atoms with Crippen LogP contribution in [0, 0.1) is 0 Å². The number of aliphatic hydroxyl groups excluding tert-OH is 1. The average Bonchev–Trinajstić information content (AvgIpc) is 2.60. The van der Waals surface area contributed by atoms with E-state index in [1.54, 1.807) is 0 Å². The van der Waals surface area contributed by atoms with E-state index in [1.807, 2.05) is 6.92 Å². The molecule has 1 N–H and O–H groups in total.